The van der Waals surface area contributed by atoms with Crippen LogP contribution in [0.3, 0.4) is 0 Å². The Morgan fingerprint density at radius 1 is 1.43 bits per heavy atom. The van der Waals surface area contributed by atoms with E-state index in [-0.39, 0.29) is 5.56 Å². The topological polar surface area (TPSA) is 55.8 Å². The second-order valence-corrected chi connectivity index (χ2v) is 2.57. The van der Waals surface area contributed by atoms with Crippen LogP contribution in [0.4, 0.5) is 0 Å². The van der Waals surface area contributed by atoms with E-state index in [0.717, 1.165) is 0 Å². The molecule has 0 unspecified atom stereocenters. The van der Waals surface area contributed by atoms with Gasteiger partial charge in [0.1, 0.15) is 17.1 Å². The number of benzene rings is 1. The molecule has 0 heterocycles. The van der Waals surface area contributed by atoms with Crippen molar-refractivity contribution in [2.24, 2.45) is 0 Å². The first-order chi connectivity index (χ1) is 6.70. The first kappa shape index (κ1) is 10.4. The summed E-state index contributed by atoms with van der Waals surface area (Å²) in [6.45, 7) is 2.22. The molecule has 1 rings (SSSR count). The van der Waals surface area contributed by atoms with Gasteiger partial charge in [0.25, 0.3) is 0 Å². The molecule has 0 aliphatic heterocycles. The van der Waals surface area contributed by atoms with E-state index in [1.807, 2.05) is 0 Å². The van der Waals surface area contributed by atoms with Gasteiger partial charge in [-0.3, -0.25) is 0 Å². The fraction of sp³-hybridized carbons (Fsp3) is 0.300. The summed E-state index contributed by atoms with van der Waals surface area (Å²) in [5.74, 6) is -0.409. The summed E-state index contributed by atoms with van der Waals surface area (Å²) in [5.41, 5.74) is 0.0665. The third-order valence-electron chi connectivity index (χ3n) is 1.72. The molecule has 1 aromatic carbocycles. The number of carboxylic acids is 1. The second kappa shape index (κ2) is 4.50. The summed E-state index contributed by atoms with van der Waals surface area (Å²) in [6, 6.07) is 4.89. The van der Waals surface area contributed by atoms with Gasteiger partial charge < -0.3 is 14.6 Å². The van der Waals surface area contributed by atoms with E-state index in [2.05, 4.69) is 0 Å². The normalized spacial score (nSPS) is 9.57. The minimum Gasteiger partial charge on any atom is -0.496 e. The van der Waals surface area contributed by atoms with E-state index in [4.69, 9.17) is 14.6 Å². The smallest absolute Gasteiger partial charge is 0.343 e. The summed E-state index contributed by atoms with van der Waals surface area (Å²) in [7, 11) is 1.43. The molecule has 1 aromatic rings. The molecule has 0 atom stereocenters. The van der Waals surface area contributed by atoms with Gasteiger partial charge in [-0.1, -0.05) is 6.07 Å². The van der Waals surface area contributed by atoms with Crippen molar-refractivity contribution in [2.75, 3.05) is 13.7 Å². The summed E-state index contributed by atoms with van der Waals surface area (Å²) in [6.07, 6.45) is 0. The molecule has 0 bridgehead atoms. The minimum atomic E-state index is -1.05. The van der Waals surface area contributed by atoms with Crippen molar-refractivity contribution in [3.63, 3.8) is 0 Å². The number of carboxylic acid groups (broad SMARTS) is 1. The van der Waals surface area contributed by atoms with Gasteiger partial charge in [-0.2, -0.15) is 0 Å². The van der Waals surface area contributed by atoms with E-state index in [1.165, 1.54) is 7.11 Å². The summed E-state index contributed by atoms with van der Waals surface area (Å²) in [4.78, 5) is 10.9. The first-order valence-electron chi connectivity index (χ1n) is 4.23. The molecule has 4 nitrogen and oxygen atoms in total. The number of carbonyl (C=O) groups is 1. The Hall–Kier alpha value is -1.71. The van der Waals surface area contributed by atoms with Crippen molar-refractivity contribution < 1.29 is 19.4 Å². The van der Waals surface area contributed by atoms with E-state index in [9.17, 15) is 4.79 Å². The number of ether oxygens (including phenoxy) is 2. The Morgan fingerprint density at radius 3 is 2.57 bits per heavy atom. The third kappa shape index (κ3) is 1.96. The van der Waals surface area contributed by atoms with Crippen LogP contribution in [0.25, 0.3) is 0 Å². The highest BCUT2D eigenvalue weighted by atomic mass is 16.5. The maximum absolute atomic E-state index is 10.9. The quantitative estimate of drug-likeness (QED) is 0.797. The molecule has 0 aromatic heterocycles. The average molecular weight is 196 g/mol. The minimum absolute atomic E-state index is 0.0665. The van der Waals surface area contributed by atoms with Crippen molar-refractivity contribution >= 4 is 5.97 Å². The van der Waals surface area contributed by atoms with Crippen molar-refractivity contribution in [1.82, 2.24) is 0 Å². The molecule has 1 N–H and O–H groups in total. The van der Waals surface area contributed by atoms with Gasteiger partial charge in [0.15, 0.2) is 0 Å². The van der Waals surface area contributed by atoms with Gasteiger partial charge in [0.05, 0.1) is 13.7 Å². The largest absolute Gasteiger partial charge is 0.496 e. The van der Waals surface area contributed by atoms with Crippen LogP contribution < -0.4 is 9.47 Å². The van der Waals surface area contributed by atoms with Crippen molar-refractivity contribution in [2.45, 2.75) is 6.92 Å². The fourth-order valence-corrected chi connectivity index (χ4v) is 1.17. The Balaban J connectivity index is 3.20. The molecule has 0 saturated carbocycles. The lowest BCUT2D eigenvalue weighted by Crippen LogP contribution is -2.05. The number of hydrogen-bond acceptors (Lipinski definition) is 3. The zero-order valence-corrected chi connectivity index (χ0v) is 8.11. The summed E-state index contributed by atoms with van der Waals surface area (Å²) >= 11 is 0. The summed E-state index contributed by atoms with van der Waals surface area (Å²) < 4.78 is 10.1. The van der Waals surface area contributed by atoms with E-state index >= 15 is 0 Å². The highest BCUT2D eigenvalue weighted by Crippen LogP contribution is 2.28. The van der Waals surface area contributed by atoms with Crippen LogP contribution in [0.1, 0.15) is 17.3 Å². The van der Waals surface area contributed by atoms with E-state index in [1.54, 1.807) is 25.1 Å². The van der Waals surface area contributed by atoms with Crippen LogP contribution >= 0.6 is 0 Å². The predicted molar refractivity (Wildman–Crippen MR) is 51.1 cm³/mol. The van der Waals surface area contributed by atoms with Crippen LogP contribution in [-0.2, 0) is 0 Å². The average Bonchev–Trinajstić information content (AvgIpc) is 2.17. The highest BCUT2D eigenvalue weighted by Gasteiger charge is 2.16. The van der Waals surface area contributed by atoms with Gasteiger partial charge in [-0.15, -0.1) is 0 Å². The Labute approximate surface area is 82.1 Å². The number of methoxy groups -OCH3 is 1. The molecule has 0 fully saturated rings. The van der Waals surface area contributed by atoms with Crippen LogP contribution in [0.2, 0.25) is 0 Å². The Morgan fingerprint density at radius 2 is 2.07 bits per heavy atom. The number of aromatic carboxylic acids is 1. The zero-order valence-electron chi connectivity index (χ0n) is 8.11. The van der Waals surface area contributed by atoms with E-state index in [0.29, 0.717) is 18.1 Å². The van der Waals surface area contributed by atoms with Crippen LogP contribution in [0.15, 0.2) is 18.2 Å². The highest BCUT2D eigenvalue weighted by molar-refractivity contribution is 5.94. The van der Waals surface area contributed by atoms with Crippen molar-refractivity contribution in [3.05, 3.63) is 23.8 Å². The van der Waals surface area contributed by atoms with Crippen molar-refractivity contribution in [3.8, 4) is 11.5 Å². The molecular weight excluding hydrogens is 184 g/mol. The van der Waals surface area contributed by atoms with Gasteiger partial charge >= 0.3 is 5.97 Å². The lowest BCUT2D eigenvalue weighted by molar-refractivity contribution is 0.0688. The number of hydrogen-bond donors (Lipinski definition) is 1. The van der Waals surface area contributed by atoms with Crippen LogP contribution in [0, 0.1) is 0 Å². The monoisotopic (exact) mass is 196 g/mol. The van der Waals surface area contributed by atoms with Crippen LogP contribution in [-0.4, -0.2) is 24.8 Å². The molecule has 14 heavy (non-hydrogen) atoms. The lowest BCUT2D eigenvalue weighted by Gasteiger charge is -2.10. The molecule has 76 valence electrons. The number of rotatable bonds is 4. The van der Waals surface area contributed by atoms with Gasteiger partial charge in [-0.05, 0) is 19.1 Å². The fourth-order valence-electron chi connectivity index (χ4n) is 1.17. The third-order valence-corrected chi connectivity index (χ3v) is 1.72. The molecular formula is C10H12O4. The Bertz CT molecular complexity index is 333. The first-order valence-corrected chi connectivity index (χ1v) is 4.23. The summed E-state index contributed by atoms with van der Waals surface area (Å²) in [5, 5.41) is 8.94. The molecule has 0 radical (unpaired) electrons. The van der Waals surface area contributed by atoms with Gasteiger partial charge in [-0.25, -0.2) is 4.79 Å². The molecule has 0 saturated heterocycles. The second-order valence-electron chi connectivity index (χ2n) is 2.57. The van der Waals surface area contributed by atoms with Crippen molar-refractivity contribution in [1.29, 1.82) is 0 Å². The van der Waals surface area contributed by atoms with E-state index < -0.39 is 5.97 Å². The molecule has 0 aliphatic rings. The lowest BCUT2D eigenvalue weighted by atomic mass is 10.2. The molecule has 0 aliphatic carbocycles. The molecule has 0 amide bonds. The van der Waals surface area contributed by atoms with Crippen LogP contribution in [0.5, 0.6) is 11.5 Å². The molecule has 0 spiro atoms. The Kier molecular flexibility index (Phi) is 3.34. The van der Waals surface area contributed by atoms with Gasteiger partial charge in [0.2, 0.25) is 0 Å². The maximum atomic E-state index is 10.9. The predicted octanol–water partition coefficient (Wildman–Crippen LogP) is 1.79. The SMILES string of the molecule is CCOc1cccc(OC)c1C(=O)O. The standard InChI is InChI=1S/C10H12O4/c1-3-14-8-6-4-5-7(13-2)9(8)10(11)12/h4-6H,3H2,1-2H3,(H,11,12). The maximum Gasteiger partial charge on any atom is 0.343 e. The zero-order chi connectivity index (χ0) is 10.6. The van der Waals surface area contributed by atoms with Gasteiger partial charge in [0, 0.05) is 0 Å². The molecule has 4 heteroatoms.